The topological polar surface area (TPSA) is 12.0 Å². The number of nitrogens with one attached hydrogen (secondary N) is 1. The molecule has 18 heavy (non-hydrogen) atoms. The van der Waals surface area contributed by atoms with Crippen molar-refractivity contribution in [1.29, 1.82) is 0 Å². The molecule has 0 spiro atoms. The third-order valence-corrected chi connectivity index (χ3v) is 5.14. The van der Waals surface area contributed by atoms with Gasteiger partial charge in [0.2, 0.25) is 0 Å². The van der Waals surface area contributed by atoms with Crippen LogP contribution in [0.1, 0.15) is 72.1 Å². The lowest BCUT2D eigenvalue weighted by atomic mass is 9.95. The van der Waals surface area contributed by atoms with Gasteiger partial charge in [-0.2, -0.15) is 11.8 Å². The van der Waals surface area contributed by atoms with E-state index in [1.54, 1.807) is 0 Å². The van der Waals surface area contributed by atoms with E-state index in [9.17, 15) is 0 Å². The molecule has 0 aliphatic heterocycles. The maximum Gasteiger partial charge on any atom is 0.00696 e. The van der Waals surface area contributed by atoms with E-state index in [-0.39, 0.29) is 0 Å². The fourth-order valence-corrected chi connectivity index (χ4v) is 3.94. The zero-order valence-electron chi connectivity index (χ0n) is 12.7. The third-order valence-electron chi connectivity index (χ3n) is 4.20. The van der Waals surface area contributed by atoms with Crippen LogP contribution in [0.15, 0.2) is 0 Å². The minimum atomic E-state index is 0.705. The lowest BCUT2D eigenvalue weighted by molar-refractivity contribution is 0.386. The van der Waals surface area contributed by atoms with Gasteiger partial charge in [0, 0.05) is 12.1 Å². The van der Waals surface area contributed by atoms with Gasteiger partial charge in [-0.3, -0.25) is 0 Å². The van der Waals surface area contributed by atoms with Crippen molar-refractivity contribution in [2.24, 2.45) is 5.92 Å². The lowest BCUT2D eigenvalue weighted by Gasteiger charge is -2.22. The number of rotatable bonds is 8. The van der Waals surface area contributed by atoms with Crippen LogP contribution in [0.25, 0.3) is 0 Å². The second-order valence-electron chi connectivity index (χ2n) is 5.91. The molecule has 108 valence electrons. The van der Waals surface area contributed by atoms with Crippen LogP contribution >= 0.6 is 11.8 Å². The van der Waals surface area contributed by atoms with Crippen molar-refractivity contribution in [1.82, 2.24) is 5.32 Å². The quantitative estimate of drug-likeness (QED) is 0.500. The van der Waals surface area contributed by atoms with Gasteiger partial charge in [-0.05, 0) is 50.0 Å². The average molecular weight is 272 g/mol. The molecule has 0 heterocycles. The Labute approximate surface area is 119 Å². The maximum atomic E-state index is 3.87. The smallest absolute Gasteiger partial charge is 0.00696 e. The molecular formula is C16H33NS. The van der Waals surface area contributed by atoms with Gasteiger partial charge in [0.1, 0.15) is 0 Å². The molecule has 1 fully saturated rings. The first-order chi connectivity index (χ1) is 8.76. The molecule has 0 aromatic rings. The minimum Gasteiger partial charge on any atom is -0.311 e. The highest BCUT2D eigenvalue weighted by atomic mass is 32.2. The molecule has 1 N–H and O–H groups in total. The first-order valence-electron chi connectivity index (χ1n) is 8.10. The molecule has 3 atom stereocenters. The predicted molar refractivity (Wildman–Crippen MR) is 85.5 cm³/mol. The Bertz CT molecular complexity index is 196. The Morgan fingerprint density at radius 2 is 2.00 bits per heavy atom. The van der Waals surface area contributed by atoms with Gasteiger partial charge in [0.05, 0.1) is 0 Å². The van der Waals surface area contributed by atoms with E-state index < -0.39 is 0 Å². The van der Waals surface area contributed by atoms with Gasteiger partial charge < -0.3 is 5.32 Å². The molecule has 2 heteroatoms. The van der Waals surface area contributed by atoms with E-state index in [1.165, 1.54) is 62.9 Å². The monoisotopic (exact) mass is 271 g/mol. The van der Waals surface area contributed by atoms with Gasteiger partial charge in [0.15, 0.2) is 0 Å². The van der Waals surface area contributed by atoms with E-state index >= 15 is 0 Å². The van der Waals surface area contributed by atoms with Crippen LogP contribution in [0.4, 0.5) is 0 Å². The summed E-state index contributed by atoms with van der Waals surface area (Å²) in [6, 6.07) is 1.50. The summed E-state index contributed by atoms with van der Waals surface area (Å²) in [4.78, 5) is 0. The summed E-state index contributed by atoms with van der Waals surface area (Å²) >= 11 is 2.07. The highest BCUT2D eigenvalue weighted by Crippen LogP contribution is 2.27. The van der Waals surface area contributed by atoms with Gasteiger partial charge >= 0.3 is 0 Å². The fourth-order valence-electron chi connectivity index (χ4n) is 3.13. The standard InChI is InChI=1S/C16H33NS/c1-4-7-15-8-6-9-16(11-10-15)17-14(3)12-13-18-5-2/h14-17H,4-13H2,1-3H3. The van der Waals surface area contributed by atoms with E-state index in [1.807, 2.05) is 0 Å². The maximum absolute atomic E-state index is 3.87. The summed E-state index contributed by atoms with van der Waals surface area (Å²) in [7, 11) is 0. The molecule has 0 amide bonds. The van der Waals surface area contributed by atoms with E-state index in [0.717, 1.165) is 12.0 Å². The van der Waals surface area contributed by atoms with Crippen LogP contribution in [0.5, 0.6) is 0 Å². The molecule has 1 rings (SSSR count). The Morgan fingerprint density at radius 3 is 2.72 bits per heavy atom. The molecule has 1 saturated carbocycles. The second-order valence-corrected chi connectivity index (χ2v) is 7.31. The highest BCUT2D eigenvalue weighted by Gasteiger charge is 2.19. The summed E-state index contributed by atoms with van der Waals surface area (Å²) in [6.45, 7) is 6.95. The summed E-state index contributed by atoms with van der Waals surface area (Å²) in [6.07, 6.45) is 11.4. The van der Waals surface area contributed by atoms with Crippen LogP contribution < -0.4 is 5.32 Å². The molecule has 1 nitrogen and oxygen atoms in total. The number of thioether (sulfide) groups is 1. The fraction of sp³-hybridized carbons (Fsp3) is 1.00. The second kappa shape index (κ2) is 10.1. The third kappa shape index (κ3) is 7.04. The van der Waals surface area contributed by atoms with Crippen LogP contribution in [-0.2, 0) is 0 Å². The van der Waals surface area contributed by atoms with Crippen molar-refractivity contribution in [3.63, 3.8) is 0 Å². The summed E-state index contributed by atoms with van der Waals surface area (Å²) < 4.78 is 0. The van der Waals surface area contributed by atoms with Crippen LogP contribution in [0.2, 0.25) is 0 Å². The Balaban J connectivity index is 2.17. The minimum absolute atomic E-state index is 0.705. The van der Waals surface area contributed by atoms with Crippen LogP contribution in [0, 0.1) is 5.92 Å². The van der Waals surface area contributed by atoms with Crippen molar-refractivity contribution >= 4 is 11.8 Å². The highest BCUT2D eigenvalue weighted by molar-refractivity contribution is 7.99. The molecule has 1 aliphatic rings. The van der Waals surface area contributed by atoms with Crippen LogP contribution in [-0.4, -0.2) is 23.6 Å². The van der Waals surface area contributed by atoms with Crippen molar-refractivity contribution in [2.45, 2.75) is 84.2 Å². The van der Waals surface area contributed by atoms with Crippen molar-refractivity contribution in [3.05, 3.63) is 0 Å². The predicted octanol–water partition coefficient (Wildman–Crippen LogP) is 4.86. The molecular weight excluding hydrogens is 238 g/mol. The summed E-state index contributed by atoms with van der Waals surface area (Å²) in [5, 5.41) is 3.87. The summed E-state index contributed by atoms with van der Waals surface area (Å²) in [5.41, 5.74) is 0. The van der Waals surface area contributed by atoms with Gasteiger partial charge in [-0.25, -0.2) is 0 Å². The first kappa shape index (κ1) is 16.4. The average Bonchev–Trinajstić information content (AvgIpc) is 2.56. The van der Waals surface area contributed by atoms with Gasteiger partial charge in [-0.1, -0.05) is 39.5 Å². The van der Waals surface area contributed by atoms with Crippen molar-refractivity contribution in [2.75, 3.05) is 11.5 Å². The largest absolute Gasteiger partial charge is 0.311 e. The zero-order chi connectivity index (χ0) is 13.2. The van der Waals surface area contributed by atoms with Gasteiger partial charge in [-0.15, -0.1) is 0 Å². The SMILES string of the molecule is CCCC1CCCC(NC(C)CCSCC)CC1. The summed E-state index contributed by atoms with van der Waals surface area (Å²) in [5.74, 6) is 3.60. The van der Waals surface area contributed by atoms with Crippen LogP contribution in [0.3, 0.4) is 0 Å². The van der Waals surface area contributed by atoms with Gasteiger partial charge in [0.25, 0.3) is 0 Å². The Kier molecular flexibility index (Phi) is 9.22. The number of hydrogen-bond acceptors (Lipinski definition) is 2. The normalized spacial score (nSPS) is 26.8. The van der Waals surface area contributed by atoms with Crippen molar-refractivity contribution < 1.29 is 0 Å². The molecule has 1 aliphatic carbocycles. The van der Waals surface area contributed by atoms with E-state index in [4.69, 9.17) is 0 Å². The lowest BCUT2D eigenvalue weighted by Crippen LogP contribution is -2.36. The molecule has 0 aromatic carbocycles. The molecule has 3 unspecified atom stereocenters. The Morgan fingerprint density at radius 1 is 1.17 bits per heavy atom. The Hall–Kier alpha value is 0.310. The first-order valence-corrected chi connectivity index (χ1v) is 9.25. The van der Waals surface area contributed by atoms with Crippen molar-refractivity contribution in [3.8, 4) is 0 Å². The molecule has 0 aromatic heterocycles. The molecule has 0 saturated heterocycles. The van der Waals surface area contributed by atoms with E-state index in [2.05, 4.69) is 37.8 Å². The van der Waals surface area contributed by atoms with E-state index in [0.29, 0.717) is 6.04 Å². The number of hydrogen-bond donors (Lipinski definition) is 1. The molecule has 0 bridgehead atoms. The zero-order valence-corrected chi connectivity index (χ0v) is 13.5. The molecule has 0 radical (unpaired) electrons.